The van der Waals surface area contributed by atoms with E-state index in [1.165, 1.54) is 0 Å². The van der Waals surface area contributed by atoms with Gasteiger partial charge >= 0.3 is 0 Å². The third-order valence-corrected chi connectivity index (χ3v) is 4.36. The molecule has 5 heteroatoms. The van der Waals surface area contributed by atoms with Crippen LogP contribution in [0.3, 0.4) is 0 Å². The van der Waals surface area contributed by atoms with E-state index in [1.54, 1.807) is 0 Å². The number of amides is 1. The summed E-state index contributed by atoms with van der Waals surface area (Å²) in [5.41, 5.74) is 4.71. The van der Waals surface area contributed by atoms with Crippen molar-refractivity contribution in [3.8, 4) is 0 Å². The monoisotopic (exact) mass is 255 g/mol. The molecule has 1 aliphatic carbocycles. The Hall–Kier alpha value is -1.26. The Morgan fingerprint density at radius 3 is 2.28 bits per heavy atom. The number of hydrogen-bond acceptors (Lipinski definition) is 3. The molecule has 0 radical (unpaired) electrons. The van der Waals surface area contributed by atoms with Crippen molar-refractivity contribution in [1.29, 1.82) is 0 Å². The minimum absolute atomic E-state index is 0.00611. The molecule has 0 saturated heterocycles. The Labute approximate surface area is 109 Å². The lowest BCUT2D eigenvalue weighted by molar-refractivity contribution is -0.129. The van der Waals surface area contributed by atoms with E-state index >= 15 is 0 Å². The highest BCUT2D eigenvalue weighted by molar-refractivity contribution is 6.06. The molecule has 0 aromatic heterocycles. The third kappa shape index (κ3) is 2.60. The predicted molar refractivity (Wildman–Crippen MR) is 71.4 cm³/mol. The summed E-state index contributed by atoms with van der Waals surface area (Å²) in [5, 5.41) is 15.0. The van der Waals surface area contributed by atoms with Crippen LogP contribution in [0.25, 0.3) is 0 Å². The van der Waals surface area contributed by atoms with Crippen molar-refractivity contribution in [2.75, 3.05) is 0 Å². The van der Waals surface area contributed by atoms with Crippen LogP contribution in [0, 0.1) is 5.41 Å². The van der Waals surface area contributed by atoms with Gasteiger partial charge in [0.1, 0.15) is 5.41 Å². The Balaban J connectivity index is 2.90. The average Bonchev–Trinajstić information content (AvgIpc) is 2.77. The van der Waals surface area contributed by atoms with Gasteiger partial charge in [0.15, 0.2) is 5.84 Å². The van der Waals surface area contributed by atoms with Gasteiger partial charge in [0.2, 0.25) is 5.91 Å². The fourth-order valence-electron chi connectivity index (χ4n) is 2.82. The van der Waals surface area contributed by atoms with Crippen LogP contribution in [-0.2, 0) is 4.79 Å². The van der Waals surface area contributed by atoms with E-state index in [0.717, 1.165) is 25.7 Å². The second kappa shape index (κ2) is 5.59. The molecule has 1 fully saturated rings. The SMILES string of the molecule is CCC(CC)(C(=O)NC1(C)CCCC1)C(N)=NO. The summed E-state index contributed by atoms with van der Waals surface area (Å²) in [6.07, 6.45) is 5.34. The summed E-state index contributed by atoms with van der Waals surface area (Å²) < 4.78 is 0. The largest absolute Gasteiger partial charge is 0.409 e. The van der Waals surface area contributed by atoms with Gasteiger partial charge in [-0.1, -0.05) is 31.8 Å². The summed E-state index contributed by atoms with van der Waals surface area (Å²) in [4.78, 5) is 12.5. The van der Waals surface area contributed by atoms with E-state index in [0.29, 0.717) is 12.8 Å². The number of hydrogen-bond donors (Lipinski definition) is 3. The Bertz CT molecular complexity index is 329. The van der Waals surface area contributed by atoms with Crippen molar-refractivity contribution >= 4 is 11.7 Å². The van der Waals surface area contributed by atoms with E-state index < -0.39 is 5.41 Å². The molecule has 0 bridgehead atoms. The van der Waals surface area contributed by atoms with Gasteiger partial charge in [-0.25, -0.2) is 0 Å². The zero-order valence-corrected chi connectivity index (χ0v) is 11.6. The van der Waals surface area contributed by atoms with E-state index in [2.05, 4.69) is 17.4 Å². The van der Waals surface area contributed by atoms with Crippen LogP contribution in [-0.4, -0.2) is 22.5 Å². The van der Waals surface area contributed by atoms with Crippen LogP contribution >= 0.6 is 0 Å². The summed E-state index contributed by atoms with van der Waals surface area (Å²) in [7, 11) is 0. The summed E-state index contributed by atoms with van der Waals surface area (Å²) in [6, 6.07) is 0. The van der Waals surface area contributed by atoms with Gasteiger partial charge in [0.05, 0.1) is 0 Å². The Kier molecular flexibility index (Phi) is 4.59. The Morgan fingerprint density at radius 2 is 1.89 bits per heavy atom. The van der Waals surface area contributed by atoms with Crippen LogP contribution in [0.1, 0.15) is 59.3 Å². The molecule has 0 heterocycles. The summed E-state index contributed by atoms with van der Waals surface area (Å²) in [5.74, 6) is -0.112. The molecule has 1 rings (SSSR count). The lowest BCUT2D eigenvalue weighted by atomic mass is 9.79. The molecule has 104 valence electrons. The summed E-state index contributed by atoms with van der Waals surface area (Å²) >= 11 is 0. The maximum atomic E-state index is 12.5. The molecule has 5 nitrogen and oxygen atoms in total. The van der Waals surface area contributed by atoms with E-state index in [1.807, 2.05) is 13.8 Å². The molecule has 0 aromatic rings. The molecule has 1 amide bonds. The maximum Gasteiger partial charge on any atom is 0.234 e. The number of oxime groups is 1. The molecular formula is C13H25N3O2. The van der Waals surface area contributed by atoms with Crippen molar-refractivity contribution in [2.45, 2.75) is 64.8 Å². The van der Waals surface area contributed by atoms with Crippen LogP contribution in [0.5, 0.6) is 0 Å². The van der Waals surface area contributed by atoms with Crippen molar-refractivity contribution in [3.63, 3.8) is 0 Å². The summed E-state index contributed by atoms with van der Waals surface area (Å²) in [6.45, 7) is 5.84. The van der Waals surface area contributed by atoms with Crippen LogP contribution < -0.4 is 11.1 Å². The smallest absolute Gasteiger partial charge is 0.234 e. The normalized spacial score (nSPS) is 19.8. The maximum absolute atomic E-state index is 12.5. The fourth-order valence-corrected chi connectivity index (χ4v) is 2.82. The number of carbonyl (C=O) groups is 1. The van der Waals surface area contributed by atoms with Crippen LogP contribution in [0.2, 0.25) is 0 Å². The molecule has 1 saturated carbocycles. The predicted octanol–water partition coefficient (Wildman–Crippen LogP) is 1.99. The number of nitrogens with two attached hydrogens (primary N) is 1. The highest BCUT2D eigenvalue weighted by Gasteiger charge is 2.43. The molecule has 0 spiro atoms. The van der Waals surface area contributed by atoms with Crippen molar-refractivity contribution in [3.05, 3.63) is 0 Å². The first-order valence-electron chi connectivity index (χ1n) is 6.74. The van der Waals surface area contributed by atoms with Gasteiger partial charge in [-0.15, -0.1) is 0 Å². The molecule has 0 aliphatic heterocycles. The first-order chi connectivity index (χ1) is 8.44. The standard InChI is InChI=1S/C13H25N3O2/c1-4-13(5-2,10(14)16-18)11(17)15-12(3)8-6-7-9-12/h18H,4-9H2,1-3H3,(H2,14,16)(H,15,17). The van der Waals surface area contributed by atoms with Crippen molar-refractivity contribution < 1.29 is 10.0 Å². The van der Waals surface area contributed by atoms with Gasteiger partial charge < -0.3 is 16.3 Å². The zero-order valence-electron chi connectivity index (χ0n) is 11.6. The van der Waals surface area contributed by atoms with Gasteiger partial charge in [-0.2, -0.15) is 0 Å². The van der Waals surface area contributed by atoms with Gasteiger partial charge in [-0.05, 0) is 32.6 Å². The minimum atomic E-state index is -0.889. The lowest BCUT2D eigenvalue weighted by Gasteiger charge is -2.34. The highest BCUT2D eigenvalue weighted by atomic mass is 16.4. The van der Waals surface area contributed by atoms with E-state index in [4.69, 9.17) is 10.9 Å². The van der Waals surface area contributed by atoms with Crippen LogP contribution in [0.4, 0.5) is 0 Å². The number of nitrogens with one attached hydrogen (secondary N) is 1. The van der Waals surface area contributed by atoms with E-state index in [-0.39, 0.29) is 17.3 Å². The van der Waals surface area contributed by atoms with Gasteiger partial charge in [0, 0.05) is 5.54 Å². The second-order valence-electron chi connectivity index (χ2n) is 5.50. The zero-order chi connectivity index (χ0) is 13.8. The molecular weight excluding hydrogens is 230 g/mol. The van der Waals surface area contributed by atoms with Gasteiger partial charge in [-0.3, -0.25) is 4.79 Å². The fraction of sp³-hybridized carbons (Fsp3) is 0.846. The van der Waals surface area contributed by atoms with Crippen molar-refractivity contribution in [1.82, 2.24) is 5.32 Å². The molecule has 0 aromatic carbocycles. The number of rotatable bonds is 5. The first kappa shape index (κ1) is 14.8. The number of carbonyl (C=O) groups excluding carboxylic acids is 1. The second-order valence-corrected chi connectivity index (χ2v) is 5.50. The molecule has 4 N–H and O–H groups in total. The highest BCUT2D eigenvalue weighted by Crippen LogP contribution is 2.33. The quantitative estimate of drug-likeness (QED) is 0.304. The van der Waals surface area contributed by atoms with E-state index in [9.17, 15) is 4.79 Å². The third-order valence-electron chi connectivity index (χ3n) is 4.36. The first-order valence-corrected chi connectivity index (χ1v) is 6.74. The van der Waals surface area contributed by atoms with Crippen LogP contribution in [0.15, 0.2) is 5.16 Å². The minimum Gasteiger partial charge on any atom is -0.409 e. The number of nitrogens with zero attached hydrogens (tertiary/aromatic N) is 1. The molecule has 1 aliphatic rings. The molecule has 18 heavy (non-hydrogen) atoms. The van der Waals surface area contributed by atoms with Crippen molar-refractivity contribution in [2.24, 2.45) is 16.3 Å². The average molecular weight is 255 g/mol. The topological polar surface area (TPSA) is 87.7 Å². The molecule has 0 unspecified atom stereocenters. The molecule has 0 atom stereocenters. The lowest BCUT2D eigenvalue weighted by Crippen LogP contribution is -2.55. The Morgan fingerprint density at radius 1 is 1.39 bits per heavy atom. The van der Waals surface area contributed by atoms with Gasteiger partial charge in [0.25, 0.3) is 0 Å². The number of amidine groups is 1.